The van der Waals surface area contributed by atoms with Gasteiger partial charge in [-0.25, -0.2) is 0 Å². The predicted octanol–water partition coefficient (Wildman–Crippen LogP) is 12.1. The maximum Gasteiger partial charge on any atom is 0.252 e. The van der Waals surface area contributed by atoms with E-state index in [1.54, 1.807) is 0 Å². The van der Waals surface area contributed by atoms with Crippen LogP contribution in [0.15, 0.2) is 182 Å². The summed E-state index contributed by atoms with van der Waals surface area (Å²) >= 11 is 0. The van der Waals surface area contributed by atoms with Crippen molar-refractivity contribution in [3.63, 3.8) is 0 Å². The van der Waals surface area contributed by atoms with Gasteiger partial charge in [0.1, 0.15) is 0 Å². The topological polar surface area (TPSA) is 9.72 Å². The molecule has 0 saturated heterocycles. The molecule has 278 valence electrons. The number of rotatable bonds is 5. The van der Waals surface area contributed by atoms with Crippen LogP contribution in [-0.4, -0.2) is 6.71 Å². The van der Waals surface area contributed by atoms with Gasteiger partial charge in [0.05, 0.1) is 0 Å². The second-order valence-corrected chi connectivity index (χ2v) is 16.7. The smallest absolute Gasteiger partial charge is 0.252 e. The van der Waals surface area contributed by atoms with Crippen LogP contribution < -0.4 is 31.1 Å². The van der Waals surface area contributed by atoms with Crippen molar-refractivity contribution in [2.45, 2.75) is 39.5 Å². The fraction of sp³-hybridized carbons (Fsp3) is 0.111. The lowest BCUT2D eigenvalue weighted by Gasteiger charge is -2.44. The van der Waals surface area contributed by atoms with Crippen molar-refractivity contribution in [1.29, 1.82) is 0 Å². The molecule has 58 heavy (non-hydrogen) atoms. The zero-order valence-electron chi connectivity index (χ0n) is 33.4. The largest absolute Gasteiger partial charge is 0.311 e. The third-order valence-electron chi connectivity index (χ3n) is 12.8. The molecule has 0 radical (unpaired) electrons. The van der Waals surface area contributed by atoms with Crippen molar-refractivity contribution >= 4 is 74.3 Å². The van der Waals surface area contributed by atoms with Crippen LogP contribution in [0.3, 0.4) is 0 Å². The Morgan fingerprint density at radius 1 is 0.483 bits per heavy atom. The van der Waals surface area contributed by atoms with E-state index in [9.17, 15) is 0 Å². The summed E-state index contributed by atoms with van der Waals surface area (Å²) in [4.78, 5) is 7.48. The molecule has 8 aromatic carbocycles. The van der Waals surface area contributed by atoms with E-state index >= 15 is 0 Å². The van der Waals surface area contributed by atoms with E-state index < -0.39 is 0 Å². The first-order valence-corrected chi connectivity index (χ1v) is 20.5. The minimum atomic E-state index is -0.122. The first-order chi connectivity index (χ1) is 28.4. The van der Waals surface area contributed by atoms with Crippen molar-refractivity contribution in [3.8, 4) is 0 Å². The van der Waals surface area contributed by atoms with Gasteiger partial charge in [-0.3, -0.25) is 0 Å². The van der Waals surface area contributed by atoms with E-state index in [1.165, 1.54) is 83.9 Å². The molecule has 11 rings (SSSR count). The molecule has 0 bridgehead atoms. The highest BCUT2D eigenvalue weighted by molar-refractivity contribution is 7.00. The van der Waals surface area contributed by atoms with Crippen LogP contribution in [0.1, 0.15) is 47.2 Å². The van der Waals surface area contributed by atoms with Crippen molar-refractivity contribution in [2.75, 3.05) is 14.7 Å². The lowest BCUT2D eigenvalue weighted by Crippen LogP contribution is -2.61. The van der Waals surface area contributed by atoms with Gasteiger partial charge in [0, 0.05) is 63.0 Å². The van der Waals surface area contributed by atoms with E-state index in [4.69, 9.17) is 0 Å². The molecular formula is C54H44BN3. The Labute approximate surface area is 342 Å². The molecule has 0 N–H and O–H groups in total. The van der Waals surface area contributed by atoms with Crippen LogP contribution >= 0.6 is 0 Å². The molecule has 0 unspecified atom stereocenters. The lowest BCUT2D eigenvalue weighted by molar-refractivity contribution is 0.611. The Morgan fingerprint density at radius 3 is 1.90 bits per heavy atom. The average molecular weight is 746 g/mol. The van der Waals surface area contributed by atoms with Crippen LogP contribution in [0.25, 0.3) is 0 Å². The molecule has 3 nitrogen and oxygen atoms in total. The van der Waals surface area contributed by atoms with E-state index in [-0.39, 0.29) is 12.1 Å². The van der Waals surface area contributed by atoms with E-state index in [2.05, 4.69) is 224 Å². The molecule has 0 saturated carbocycles. The molecule has 0 aromatic heterocycles. The second kappa shape index (κ2) is 13.1. The highest BCUT2D eigenvalue weighted by atomic mass is 15.2. The fourth-order valence-corrected chi connectivity index (χ4v) is 10.2. The van der Waals surface area contributed by atoms with Gasteiger partial charge in [-0.05, 0) is 125 Å². The number of anilines is 9. The van der Waals surface area contributed by atoms with Crippen LogP contribution in [0, 0.1) is 13.8 Å². The van der Waals surface area contributed by atoms with Crippen LogP contribution in [-0.2, 0) is 11.8 Å². The van der Waals surface area contributed by atoms with Crippen LogP contribution in [0.5, 0.6) is 0 Å². The summed E-state index contributed by atoms with van der Waals surface area (Å²) in [5.41, 5.74) is 22.7. The monoisotopic (exact) mass is 745 g/mol. The highest BCUT2D eigenvalue weighted by Gasteiger charge is 2.43. The number of fused-ring (bicyclic) bond motifs is 6. The maximum absolute atomic E-state index is 2.51. The summed E-state index contributed by atoms with van der Waals surface area (Å²) in [5, 5.41) is 0. The molecule has 2 heterocycles. The Bertz CT molecular complexity index is 2880. The first kappa shape index (κ1) is 34.5. The lowest BCUT2D eigenvalue weighted by atomic mass is 9.33. The molecular weight excluding hydrogens is 701 g/mol. The molecule has 3 aliphatic rings. The molecule has 8 aromatic rings. The SMILES string of the molecule is Cc1ccc(N2c3ccc(C)cc3B3c4ccc(N(c5ccccc5)c5cccc6c5Cc5ccccc5C6(C)C)cc4N(c4ccccc4)c4cccc2c43)cc1. The van der Waals surface area contributed by atoms with Crippen molar-refractivity contribution in [2.24, 2.45) is 0 Å². The number of nitrogens with zero attached hydrogens (tertiary/aromatic N) is 3. The Kier molecular flexibility index (Phi) is 7.81. The quantitative estimate of drug-likeness (QED) is 0.162. The zero-order chi connectivity index (χ0) is 39.1. The summed E-state index contributed by atoms with van der Waals surface area (Å²) in [6, 6.07) is 67.9. The summed E-state index contributed by atoms with van der Waals surface area (Å²) in [6.45, 7) is 9.20. The summed E-state index contributed by atoms with van der Waals surface area (Å²) in [6.07, 6.45) is 0.890. The molecule has 1 aliphatic carbocycles. The number of para-hydroxylation sites is 2. The minimum Gasteiger partial charge on any atom is -0.311 e. The number of aryl methyl sites for hydroxylation is 2. The summed E-state index contributed by atoms with van der Waals surface area (Å²) < 4.78 is 0. The predicted molar refractivity (Wildman–Crippen MR) is 246 cm³/mol. The Morgan fingerprint density at radius 2 is 1.12 bits per heavy atom. The third-order valence-corrected chi connectivity index (χ3v) is 12.8. The average Bonchev–Trinajstić information content (AvgIpc) is 3.25. The first-order valence-electron chi connectivity index (χ1n) is 20.5. The Balaban J connectivity index is 1.16. The normalized spacial score (nSPS) is 14.2. The van der Waals surface area contributed by atoms with Gasteiger partial charge in [0.2, 0.25) is 0 Å². The van der Waals surface area contributed by atoms with E-state index in [1.807, 2.05) is 0 Å². The van der Waals surface area contributed by atoms with E-state index in [0.717, 1.165) is 23.5 Å². The number of benzene rings is 8. The fourth-order valence-electron chi connectivity index (χ4n) is 10.2. The van der Waals surface area contributed by atoms with Gasteiger partial charge in [-0.2, -0.15) is 0 Å². The number of hydrogen-bond donors (Lipinski definition) is 0. The second-order valence-electron chi connectivity index (χ2n) is 16.7. The minimum absolute atomic E-state index is 0.0544. The molecule has 4 heteroatoms. The standard InChI is InChI=1S/C54H44BN3/c1-36-25-28-41(29-26-36)57-49-32-27-37(2)33-47(49)55-46-31-30-42(35-52(46)58(40-18-9-6-10-19-40)51-24-14-23-50(57)53(51)55)56(39-16-7-5-8-17-39)48-22-13-21-45-43(48)34-38-15-11-12-20-44(38)54(45,3)4/h5-33,35H,34H2,1-4H3. The van der Waals surface area contributed by atoms with Crippen molar-refractivity contribution in [1.82, 2.24) is 0 Å². The van der Waals surface area contributed by atoms with Crippen LogP contribution in [0.4, 0.5) is 51.2 Å². The maximum atomic E-state index is 2.51. The molecule has 0 atom stereocenters. The van der Waals surface area contributed by atoms with Gasteiger partial charge in [0.25, 0.3) is 6.71 Å². The summed E-state index contributed by atoms with van der Waals surface area (Å²) in [7, 11) is 0. The molecule has 2 aliphatic heterocycles. The zero-order valence-corrected chi connectivity index (χ0v) is 33.4. The van der Waals surface area contributed by atoms with E-state index in [0.29, 0.717) is 0 Å². The molecule has 0 spiro atoms. The highest BCUT2D eigenvalue weighted by Crippen LogP contribution is 2.49. The summed E-state index contributed by atoms with van der Waals surface area (Å²) in [5.74, 6) is 0. The Hall–Kier alpha value is -6.78. The molecule has 0 amide bonds. The number of hydrogen-bond acceptors (Lipinski definition) is 3. The van der Waals surface area contributed by atoms with Crippen LogP contribution in [0.2, 0.25) is 0 Å². The van der Waals surface area contributed by atoms with Gasteiger partial charge >= 0.3 is 0 Å². The van der Waals surface area contributed by atoms with Gasteiger partial charge in [-0.15, -0.1) is 0 Å². The third kappa shape index (κ3) is 5.21. The molecule has 0 fully saturated rings. The van der Waals surface area contributed by atoms with Gasteiger partial charge in [-0.1, -0.05) is 134 Å². The van der Waals surface area contributed by atoms with Gasteiger partial charge in [0.15, 0.2) is 0 Å². The van der Waals surface area contributed by atoms with Gasteiger partial charge < -0.3 is 14.7 Å². The van der Waals surface area contributed by atoms with Crippen molar-refractivity contribution in [3.05, 3.63) is 215 Å². The van der Waals surface area contributed by atoms with Crippen molar-refractivity contribution < 1.29 is 0 Å².